The summed E-state index contributed by atoms with van der Waals surface area (Å²) in [6, 6.07) is 4.63. The lowest BCUT2D eigenvalue weighted by atomic mass is 10.2. The number of benzene rings is 1. The highest BCUT2D eigenvalue weighted by Gasteiger charge is 2.05. The standard InChI is InChI=1S/C8H8ClNO2/c1-12-7-4-5(8(9)11)2-3-6(7)10/h2-4H,10H2,1H3. The molecule has 1 aromatic rings. The third-order valence-electron chi connectivity index (χ3n) is 1.46. The Morgan fingerprint density at radius 2 is 2.25 bits per heavy atom. The fourth-order valence-corrected chi connectivity index (χ4v) is 0.951. The normalized spacial score (nSPS) is 9.50. The molecule has 4 heteroatoms. The third-order valence-corrected chi connectivity index (χ3v) is 1.68. The molecule has 0 radical (unpaired) electrons. The number of carbonyl (C=O) groups is 1. The Bertz CT molecular complexity index is 312. The maximum atomic E-state index is 10.7. The molecule has 0 saturated heterocycles. The molecule has 0 aromatic heterocycles. The first-order valence-electron chi connectivity index (χ1n) is 3.28. The molecular formula is C8H8ClNO2. The summed E-state index contributed by atoms with van der Waals surface area (Å²) in [7, 11) is 1.48. The number of hydrogen-bond acceptors (Lipinski definition) is 3. The summed E-state index contributed by atoms with van der Waals surface area (Å²) >= 11 is 5.25. The van der Waals surface area contributed by atoms with Crippen LogP contribution in [0, 0.1) is 0 Å². The summed E-state index contributed by atoms with van der Waals surface area (Å²) in [6.07, 6.45) is 0. The molecule has 0 saturated carbocycles. The van der Waals surface area contributed by atoms with Gasteiger partial charge < -0.3 is 10.5 Å². The number of ether oxygens (including phenoxy) is 1. The van der Waals surface area contributed by atoms with Crippen molar-refractivity contribution in [2.24, 2.45) is 0 Å². The van der Waals surface area contributed by atoms with Gasteiger partial charge >= 0.3 is 0 Å². The first kappa shape index (κ1) is 8.87. The molecule has 0 spiro atoms. The number of rotatable bonds is 2. The molecule has 0 unspecified atom stereocenters. The van der Waals surface area contributed by atoms with Crippen LogP contribution in [0.15, 0.2) is 18.2 Å². The molecule has 0 amide bonds. The lowest BCUT2D eigenvalue weighted by molar-refractivity contribution is 0.108. The number of nitrogens with two attached hydrogens (primary N) is 1. The number of carbonyl (C=O) groups excluding carboxylic acids is 1. The Balaban J connectivity index is 3.13. The smallest absolute Gasteiger partial charge is 0.252 e. The van der Waals surface area contributed by atoms with E-state index in [2.05, 4.69) is 0 Å². The molecule has 0 bridgehead atoms. The fourth-order valence-electron chi connectivity index (χ4n) is 0.833. The second kappa shape index (κ2) is 3.45. The maximum absolute atomic E-state index is 10.7. The summed E-state index contributed by atoms with van der Waals surface area (Å²) in [4.78, 5) is 10.7. The van der Waals surface area contributed by atoms with E-state index in [4.69, 9.17) is 22.1 Å². The van der Waals surface area contributed by atoms with Gasteiger partial charge in [0.05, 0.1) is 12.8 Å². The van der Waals surface area contributed by atoms with E-state index in [1.54, 1.807) is 12.1 Å². The minimum atomic E-state index is -0.520. The van der Waals surface area contributed by atoms with Crippen molar-refractivity contribution in [2.45, 2.75) is 0 Å². The number of halogens is 1. The van der Waals surface area contributed by atoms with E-state index in [1.165, 1.54) is 13.2 Å². The zero-order valence-electron chi connectivity index (χ0n) is 6.50. The van der Waals surface area contributed by atoms with Crippen molar-refractivity contribution in [1.82, 2.24) is 0 Å². The summed E-state index contributed by atoms with van der Waals surface area (Å²) < 4.78 is 4.90. The molecule has 3 nitrogen and oxygen atoms in total. The number of nitrogen functional groups attached to an aromatic ring is 1. The lowest BCUT2D eigenvalue weighted by Gasteiger charge is -2.04. The number of methoxy groups -OCH3 is 1. The van der Waals surface area contributed by atoms with Crippen molar-refractivity contribution in [1.29, 1.82) is 0 Å². The van der Waals surface area contributed by atoms with E-state index in [0.717, 1.165) is 0 Å². The first-order chi connectivity index (χ1) is 5.65. The molecule has 2 N–H and O–H groups in total. The molecule has 12 heavy (non-hydrogen) atoms. The average molecular weight is 186 g/mol. The van der Waals surface area contributed by atoms with E-state index < -0.39 is 5.24 Å². The maximum Gasteiger partial charge on any atom is 0.252 e. The quantitative estimate of drug-likeness (QED) is 0.563. The van der Waals surface area contributed by atoms with Gasteiger partial charge in [-0.1, -0.05) is 0 Å². The Hall–Kier alpha value is -1.22. The van der Waals surface area contributed by atoms with E-state index in [-0.39, 0.29) is 0 Å². The summed E-state index contributed by atoms with van der Waals surface area (Å²) in [5.74, 6) is 0.460. The van der Waals surface area contributed by atoms with Gasteiger partial charge in [-0.25, -0.2) is 0 Å². The molecule has 0 aliphatic carbocycles. The van der Waals surface area contributed by atoms with Crippen molar-refractivity contribution < 1.29 is 9.53 Å². The zero-order valence-corrected chi connectivity index (χ0v) is 7.26. The van der Waals surface area contributed by atoms with Gasteiger partial charge in [0.1, 0.15) is 5.75 Å². The van der Waals surface area contributed by atoms with Crippen molar-refractivity contribution in [3.8, 4) is 5.75 Å². The topological polar surface area (TPSA) is 52.3 Å². The van der Waals surface area contributed by atoms with Gasteiger partial charge in [-0.2, -0.15) is 0 Å². The molecule has 0 heterocycles. The van der Waals surface area contributed by atoms with E-state index in [9.17, 15) is 4.79 Å². The molecule has 1 rings (SSSR count). The zero-order chi connectivity index (χ0) is 9.14. The monoisotopic (exact) mass is 185 g/mol. The second-order valence-corrected chi connectivity index (χ2v) is 2.57. The highest BCUT2D eigenvalue weighted by molar-refractivity contribution is 6.67. The lowest BCUT2D eigenvalue weighted by Crippen LogP contribution is -1.95. The van der Waals surface area contributed by atoms with Gasteiger partial charge in [0.2, 0.25) is 0 Å². The summed E-state index contributed by atoms with van der Waals surface area (Å²) in [6.45, 7) is 0. The van der Waals surface area contributed by atoms with Crippen LogP contribution >= 0.6 is 11.6 Å². The molecule has 1 aromatic carbocycles. The van der Waals surface area contributed by atoms with Crippen LogP contribution in [0.25, 0.3) is 0 Å². The molecule has 0 atom stereocenters. The van der Waals surface area contributed by atoms with Crippen LogP contribution in [0.3, 0.4) is 0 Å². The summed E-state index contributed by atoms with van der Waals surface area (Å²) in [5.41, 5.74) is 6.38. The Labute approximate surface area is 75.1 Å². The van der Waals surface area contributed by atoms with Gasteiger partial charge in [0.15, 0.2) is 0 Å². The van der Waals surface area contributed by atoms with E-state index in [0.29, 0.717) is 17.0 Å². The van der Waals surface area contributed by atoms with Crippen LogP contribution in [0.5, 0.6) is 5.75 Å². The second-order valence-electron chi connectivity index (χ2n) is 2.23. The van der Waals surface area contributed by atoms with Crippen LogP contribution in [0.4, 0.5) is 5.69 Å². The number of hydrogen-bond donors (Lipinski definition) is 1. The SMILES string of the molecule is COc1cc(C(=O)Cl)ccc1N. The van der Waals surface area contributed by atoms with Crippen LogP contribution in [0.1, 0.15) is 10.4 Å². The van der Waals surface area contributed by atoms with Crippen LogP contribution in [0.2, 0.25) is 0 Å². The molecular weight excluding hydrogens is 178 g/mol. The van der Waals surface area contributed by atoms with Crippen LogP contribution in [-0.4, -0.2) is 12.4 Å². The van der Waals surface area contributed by atoms with Gasteiger partial charge in [-0.05, 0) is 29.8 Å². The number of anilines is 1. The Morgan fingerprint density at radius 1 is 1.58 bits per heavy atom. The first-order valence-corrected chi connectivity index (χ1v) is 3.66. The van der Waals surface area contributed by atoms with Crippen molar-refractivity contribution >= 4 is 22.5 Å². The molecule has 0 aliphatic rings. The van der Waals surface area contributed by atoms with Crippen molar-refractivity contribution in [3.05, 3.63) is 23.8 Å². The third kappa shape index (κ3) is 1.68. The van der Waals surface area contributed by atoms with Crippen LogP contribution < -0.4 is 10.5 Å². The summed E-state index contributed by atoms with van der Waals surface area (Å²) in [5, 5.41) is -0.520. The Kier molecular flexibility index (Phi) is 2.55. The van der Waals surface area contributed by atoms with Gasteiger partial charge in [-0.15, -0.1) is 0 Å². The molecule has 0 fully saturated rings. The predicted octanol–water partition coefficient (Wildman–Crippen LogP) is 1.66. The Morgan fingerprint density at radius 3 is 2.75 bits per heavy atom. The van der Waals surface area contributed by atoms with E-state index in [1.807, 2.05) is 0 Å². The van der Waals surface area contributed by atoms with Gasteiger partial charge in [0.25, 0.3) is 5.24 Å². The van der Waals surface area contributed by atoms with Gasteiger partial charge in [0, 0.05) is 5.56 Å². The predicted molar refractivity (Wildman–Crippen MR) is 47.6 cm³/mol. The van der Waals surface area contributed by atoms with Crippen LogP contribution in [-0.2, 0) is 0 Å². The highest BCUT2D eigenvalue weighted by Crippen LogP contribution is 2.22. The molecule has 0 aliphatic heterocycles. The van der Waals surface area contributed by atoms with Crippen molar-refractivity contribution in [2.75, 3.05) is 12.8 Å². The van der Waals surface area contributed by atoms with Crippen molar-refractivity contribution in [3.63, 3.8) is 0 Å². The van der Waals surface area contributed by atoms with E-state index >= 15 is 0 Å². The minimum absolute atomic E-state index is 0.378. The largest absolute Gasteiger partial charge is 0.495 e. The average Bonchev–Trinajstić information content (AvgIpc) is 2.05. The molecule has 64 valence electrons. The fraction of sp³-hybridized carbons (Fsp3) is 0.125. The minimum Gasteiger partial charge on any atom is -0.495 e. The van der Waals surface area contributed by atoms with Gasteiger partial charge in [-0.3, -0.25) is 4.79 Å². The highest BCUT2D eigenvalue weighted by atomic mass is 35.5.